The zero-order chi connectivity index (χ0) is 29.2. The van der Waals surface area contributed by atoms with Crippen molar-refractivity contribution in [2.45, 2.75) is 0 Å². The lowest BCUT2D eigenvalue weighted by molar-refractivity contribution is 1.05. The fourth-order valence-corrected chi connectivity index (χ4v) is 6.46. The summed E-state index contributed by atoms with van der Waals surface area (Å²) in [5.41, 5.74) is 8.34. The van der Waals surface area contributed by atoms with E-state index in [9.17, 15) is 4.79 Å². The summed E-state index contributed by atoms with van der Waals surface area (Å²) in [6.07, 6.45) is 0. The van der Waals surface area contributed by atoms with Crippen LogP contribution in [0.15, 0.2) is 150 Å². The Morgan fingerprint density at radius 3 is 1.93 bits per heavy atom. The van der Waals surface area contributed by atoms with Crippen molar-refractivity contribution in [1.82, 2.24) is 18.9 Å². The van der Waals surface area contributed by atoms with E-state index in [1.165, 1.54) is 21.9 Å². The van der Waals surface area contributed by atoms with Crippen molar-refractivity contribution in [3.63, 3.8) is 0 Å². The van der Waals surface area contributed by atoms with Crippen molar-refractivity contribution < 1.29 is 0 Å². The van der Waals surface area contributed by atoms with Gasteiger partial charge in [0.1, 0.15) is 5.82 Å². The van der Waals surface area contributed by atoms with Crippen LogP contribution in [0.2, 0.25) is 0 Å². The molecule has 0 spiro atoms. The molecule has 6 aromatic carbocycles. The van der Waals surface area contributed by atoms with Crippen molar-refractivity contribution >= 4 is 49.3 Å². The maximum Gasteiger partial charge on any atom is 0.267 e. The SMILES string of the molecule is O=c1c2ccccc2nc2c3cc(-n4c5ccccc5c5cc(-c6ccccc6)ccc54)ccc3nc(-c3ccccc3)n12. The summed E-state index contributed by atoms with van der Waals surface area (Å²) in [5.74, 6) is 0.578. The Hall–Kier alpha value is -6.07. The van der Waals surface area contributed by atoms with Gasteiger partial charge < -0.3 is 4.57 Å². The minimum atomic E-state index is -0.130. The van der Waals surface area contributed by atoms with Gasteiger partial charge in [-0.3, -0.25) is 4.79 Å². The van der Waals surface area contributed by atoms with E-state index in [0.717, 1.165) is 33.2 Å². The first-order valence-electron chi connectivity index (χ1n) is 14.6. The second-order valence-electron chi connectivity index (χ2n) is 11.0. The van der Waals surface area contributed by atoms with E-state index in [4.69, 9.17) is 9.97 Å². The summed E-state index contributed by atoms with van der Waals surface area (Å²) in [4.78, 5) is 24.1. The highest BCUT2D eigenvalue weighted by Crippen LogP contribution is 2.36. The highest BCUT2D eigenvalue weighted by atomic mass is 16.1. The van der Waals surface area contributed by atoms with Crippen LogP contribution in [-0.2, 0) is 0 Å². The summed E-state index contributed by atoms with van der Waals surface area (Å²) in [6.45, 7) is 0. The number of benzene rings is 6. The molecule has 3 heterocycles. The molecular weight excluding hydrogens is 540 g/mol. The quantitative estimate of drug-likeness (QED) is 0.159. The Balaban J connectivity index is 1.36. The molecule has 5 heteroatoms. The zero-order valence-electron chi connectivity index (χ0n) is 23.6. The Morgan fingerprint density at radius 2 is 1.11 bits per heavy atom. The summed E-state index contributed by atoms with van der Waals surface area (Å²) in [5, 5.41) is 3.75. The number of fused-ring (bicyclic) bond motifs is 7. The molecule has 0 unspecified atom stereocenters. The average molecular weight is 565 g/mol. The van der Waals surface area contributed by atoms with Crippen LogP contribution in [0, 0.1) is 0 Å². The molecule has 44 heavy (non-hydrogen) atoms. The van der Waals surface area contributed by atoms with Gasteiger partial charge in [-0.25, -0.2) is 14.4 Å². The Labute approximate surface area is 251 Å². The molecule has 0 saturated heterocycles. The predicted molar refractivity (Wildman–Crippen MR) is 179 cm³/mol. The zero-order valence-corrected chi connectivity index (χ0v) is 23.6. The lowest BCUT2D eigenvalue weighted by Crippen LogP contribution is -2.18. The molecule has 0 aliphatic carbocycles. The number of hydrogen-bond donors (Lipinski definition) is 0. The number of nitrogens with zero attached hydrogens (tertiary/aromatic N) is 4. The van der Waals surface area contributed by atoms with E-state index >= 15 is 0 Å². The largest absolute Gasteiger partial charge is 0.309 e. The topological polar surface area (TPSA) is 52.2 Å². The normalized spacial score (nSPS) is 11.7. The minimum Gasteiger partial charge on any atom is -0.309 e. The van der Waals surface area contributed by atoms with E-state index < -0.39 is 0 Å². The third kappa shape index (κ3) is 3.63. The second-order valence-corrected chi connectivity index (χ2v) is 11.0. The molecule has 5 nitrogen and oxygen atoms in total. The second kappa shape index (κ2) is 9.48. The highest BCUT2D eigenvalue weighted by molar-refractivity contribution is 6.11. The molecule has 0 saturated carbocycles. The van der Waals surface area contributed by atoms with Gasteiger partial charge in [-0.1, -0.05) is 97.1 Å². The van der Waals surface area contributed by atoms with Gasteiger partial charge in [0.2, 0.25) is 0 Å². The Morgan fingerprint density at radius 1 is 0.455 bits per heavy atom. The monoisotopic (exact) mass is 564 g/mol. The van der Waals surface area contributed by atoms with Gasteiger partial charge in [-0.15, -0.1) is 0 Å². The van der Waals surface area contributed by atoms with Crippen LogP contribution in [0.4, 0.5) is 0 Å². The van der Waals surface area contributed by atoms with Gasteiger partial charge >= 0.3 is 0 Å². The molecule has 3 aromatic heterocycles. The third-order valence-electron chi connectivity index (χ3n) is 8.50. The van der Waals surface area contributed by atoms with Crippen LogP contribution < -0.4 is 5.56 Å². The van der Waals surface area contributed by atoms with Crippen molar-refractivity contribution in [2.24, 2.45) is 0 Å². The van der Waals surface area contributed by atoms with E-state index in [2.05, 4.69) is 83.4 Å². The van der Waals surface area contributed by atoms with E-state index in [1.54, 1.807) is 4.40 Å². The molecule has 0 atom stereocenters. The maximum atomic E-state index is 14.0. The van der Waals surface area contributed by atoms with Crippen LogP contribution in [0.25, 0.3) is 77.5 Å². The highest BCUT2D eigenvalue weighted by Gasteiger charge is 2.18. The molecular formula is C39H24N4O. The van der Waals surface area contributed by atoms with Gasteiger partial charge in [-0.05, 0) is 59.7 Å². The number of hydrogen-bond acceptors (Lipinski definition) is 3. The first-order chi connectivity index (χ1) is 21.7. The van der Waals surface area contributed by atoms with Gasteiger partial charge in [-0.2, -0.15) is 0 Å². The molecule has 9 aromatic rings. The van der Waals surface area contributed by atoms with Crippen molar-refractivity contribution in [2.75, 3.05) is 0 Å². The van der Waals surface area contributed by atoms with Gasteiger partial charge in [0.25, 0.3) is 5.56 Å². The maximum absolute atomic E-state index is 14.0. The summed E-state index contributed by atoms with van der Waals surface area (Å²) < 4.78 is 3.96. The molecule has 0 amide bonds. The van der Waals surface area contributed by atoms with E-state index in [1.807, 2.05) is 66.7 Å². The molecule has 0 bridgehead atoms. The van der Waals surface area contributed by atoms with Crippen molar-refractivity contribution in [3.05, 3.63) is 156 Å². The summed E-state index contributed by atoms with van der Waals surface area (Å²) in [6, 6.07) is 49.3. The lowest BCUT2D eigenvalue weighted by atomic mass is 10.0. The Kier molecular flexibility index (Phi) is 5.28. The van der Waals surface area contributed by atoms with Crippen LogP contribution in [0.3, 0.4) is 0 Å². The lowest BCUT2D eigenvalue weighted by Gasteiger charge is -2.14. The summed E-state index contributed by atoms with van der Waals surface area (Å²) in [7, 11) is 0. The smallest absolute Gasteiger partial charge is 0.267 e. The predicted octanol–water partition coefficient (Wildman–Crippen LogP) is 8.83. The van der Waals surface area contributed by atoms with Crippen molar-refractivity contribution in [1.29, 1.82) is 0 Å². The van der Waals surface area contributed by atoms with Gasteiger partial charge in [0.15, 0.2) is 5.65 Å². The van der Waals surface area contributed by atoms with Gasteiger partial charge in [0, 0.05) is 27.4 Å². The Bertz CT molecular complexity index is 2620. The first-order valence-corrected chi connectivity index (χ1v) is 14.6. The molecule has 0 aliphatic rings. The molecule has 9 rings (SSSR count). The standard InChI is InChI=1S/C39H24N4O/c44-39-30-16-7-9-17-33(30)41-38-32-24-28(20-21-34(32)40-37(43(38)39)26-13-5-2-6-14-26)42-35-18-10-8-15-29(35)31-23-27(19-22-36(31)42)25-11-3-1-4-12-25/h1-24H. The molecule has 0 N–H and O–H groups in total. The average Bonchev–Trinajstić information content (AvgIpc) is 3.42. The van der Waals surface area contributed by atoms with Crippen LogP contribution in [0.1, 0.15) is 0 Å². The third-order valence-corrected chi connectivity index (χ3v) is 8.50. The number of rotatable bonds is 3. The van der Waals surface area contributed by atoms with Crippen molar-refractivity contribution in [3.8, 4) is 28.2 Å². The van der Waals surface area contributed by atoms with Crippen LogP contribution >= 0.6 is 0 Å². The van der Waals surface area contributed by atoms with E-state index in [0.29, 0.717) is 22.4 Å². The van der Waals surface area contributed by atoms with Crippen LogP contribution in [0.5, 0.6) is 0 Å². The molecule has 0 fully saturated rings. The molecule has 0 aliphatic heterocycles. The molecule has 206 valence electrons. The minimum absolute atomic E-state index is 0.130. The summed E-state index contributed by atoms with van der Waals surface area (Å²) >= 11 is 0. The number of aromatic nitrogens is 4. The molecule has 0 radical (unpaired) electrons. The fourth-order valence-electron chi connectivity index (χ4n) is 6.46. The van der Waals surface area contributed by atoms with E-state index in [-0.39, 0.29) is 5.56 Å². The fraction of sp³-hybridized carbons (Fsp3) is 0. The first kappa shape index (κ1) is 24.5. The van der Waals surface area contributed by atoms with Crippen LogP contribution in [-0.4, -0.2) is 18.9 Å². The van der Waals surface area contributed by atoms with Gasteiger partial charge in [0.05, 0.1) is 27.5 Å². The number of para-hydroxylation sites is 2.